The van der Waals surface area contributed by atoms with Crippen molar-refractivity contribution in [3.63, 3.8) is 0 Å². The highest BCUT2D eigenvalue weighted by molar-refractivity contribution is 14.0. The lowest BCUT2D eigenvalue weighted by molar-refractivity contribution is 0.583. The monoisotopic (exact) mass is 516 g/mol. The molecule has 1 aromatic carbocycles. The van der Waals surface area contributed by atoms with Crippen molar-refractivity contribution in [3.8, 4) is 0 Å². The van der Waals surface area contributed by atoms with Crippen molar-refractivity contribution in [1.29, 1.82) is 0 Å². The molecule has 0 saturated carbocycles. The number of nitrogens with one attached hydrogen (secondary N) is 2. The molecule has 1 aliphatic heterocycles. The molecule has 1 fully saturated rings. The van der Waals surface area contributed by atoms with E-state index < -0.39 is 0 Å². The minimum Gasteiger partial charge on any atom is -0.369 e. The fourth-order valence-electron chi connectivity index (χ4n) is 3.43. The summed E-state index contributed by atoms with van der Waals surface area (Å²) in [5.41, 5.74) is 1.18. The molecular weight excluding hydrogens is 487 g/mol. The Morgan fingerprint density at radius 2 is 2.21 bits per heavy atom. The number of rotatable bonds is 7. The zero-order chi connectivity index (χ0) is 19.1. The van der Waals surface area contributed by atoms with Gasteiger partial charge in [0.15, 0.2) is 5.96 Å². The predicted octanol–water partition coefficient (Wildman–Crippen LogP) is 3.69. The number of imidazole rings is 1. The number of unbranched alkanes of at least 4 members (excludes halogenated alkanes) is 1. The molecule has 1 atom stereocenters. The Morgan fingerprint density at radius 3 is 2.93 bits per heavy atom. The van der Waals surface area contributed by atoms with Crippen molar-refractivity contribution in [3.05, 3.63) is 47.5 Å². The second kappa shape index (κ2) is 11.5. The number of halogens is 2. The lowest BCUT2D eigenvalue weighted by atomic mass is 10.2. The third kappa shape index (κ3) is 6.55. The van der Waals surface area contributed by atoms with E-state index in [-0.39, 0.29) is 24.0 Å². The maximum absolute atomic E-state index is 6.11. The van der Waals surface area contributed by atoms with Gasteiger partial charge in [-0.3, -0.25) is 4.99 Å². The van der Waals surface area contributed by atoms with Crippen molar-refractivity contribution < 1.29 is 0 Å². The van der Waals surface area contributed by atoms with Crippen LogP contribution in [0.3, 0.4) is 0 Å². The molecule has 0 aliphatic carbocycles. The minimum absolute atomic E-state index is 0. The molecule has 1 aliphatic rings. The van der Waals surface area contributed by atoms with Gasteiger partial charge < -0.3 is 20.1 Å². The van der Waals surface area contributed by atoms with Crippen LogP contribution in [0.2, 0.25) is 5.02 Å². The van der Waals surface area contributed by atoms with Crippen molar-refractivity contribution in [1.82, 2.24) is 20.2 Å². The normalized spacial score (nSPS) is 16.8. The molecular formula is C20H30ClIN6. The summed E-state index contributed by atoms with van der Waals surface area (Å²) >= 11 is 6.11. The number of aryl methyl sites for hydroxylation is 2. The van der Waals surface area contributed by atoms with Crippen LogP contribution in [0.15, 0.2) is 41.7 Å². The fourth-order valence-corrected chi connectivity index (χ4v) is 3.61. The smallest absolute Gasteiger partial charge is 0.191 e. The topological polar surface area (TPSA) is 57.5 Å². The van der Waals surface area contributed by atoms with Gasteiger partial charge in [0.2, 0.25) is 0 Å². The zero-order valence-corrected chi connectivity index (χ0v) is 19.7. The first-order valence-electron chi connectivity index (χ1n) is 9.61. The van der Waals surface area contributed by atoms with Crippen LogP contribution in [0.25, 0.3) is 0 Å². The van der Waals surface area contributed by atoms with Crippen molar-refractivity contribution in [2.75, 3.05) is 31.6 Å². The molecule has 2 aromatic rings. The van der Waals surface area contributed by atoms with E-state index in [4.69, 9.17) is 11.6 Å². The second-order valence-electron chi connectivity index (χ2n) is 6.93. The van der Waals surface area contributed by atoms with E-state index in [9.17, 15) is 0 Å². The highest BCUT2D eigenvalue weighted by atomic mass is 127. The van der Waals surface area contributed by atoms with E-state index in [0.29, 0.717) is 6.04 Å². The van der Waals surface area contributed by atoms with Gasteiger partial charge in [0.05, 0.1) is 0 Å². The van der Waals surface area contributed by atoms with Gasteiger partial charge in [0, 0.05) is 62.4 Å². The summed E-state index contributed by atoms with van der Waals surface area (Å²) in [6, 6.07) is 8.45. The van der Waals surface area contributed by atoms with Gasteiger partial charge in [-0.2, -0.15) is 0 Å². The first-order chi connectivity index (χ1) is 13.2. The van der Waals surface area contributed by atoms with E-state index in [2.05, 4.69) is 36.1 Å². The van der Waals surface area contributed by atoms with Gasteiger partial charge in [-0.15, -0.1) is 24.0 Å². The molecule has 8 heteroatoms. The number of aromatic nitrogens is 2. The summed E-state index contributed by atoms with van der Waals surface area (Å²) in [6.07, 6.45) is 7.19. The zero-order valence-electron chi connectivity index (χ0n) is 16.6. The number of hydrogen-bond acceptors (Lipinski definition) is 3. The standard InChI is InChI=1S/C20H29ClN6.HI/c1-16-23-10-13-26(16)11-4-3-9-24-20(22-2)25-18-8-12-27(15-18)19-7-5-6-17(21)14-19;/h5-7,10,13-14,18H,3-4,8-9,11-12,15H2,1-2H3,(H2,22,24,25);1H. The highest BCUT2D eigenvalue weighted by Gasteiger charge is 2.23. The largest absolute Gasteiger partial charge is 0.369 e. The van der Waals surface area contributed by atoms with E-state index >= 15 is 0 Å². The summed E-state index contributed by atoms with van der Waals surface area (Å²) in [5, 5.41) is 7.76. The van der Waals surface area contributed by atoms with Gasteiger partial charge in [0.1, 0.15) is 5.82 Å². The van der Waals surface area contributed by atoms with Gasteiger partial charge in [-0.05, 0) is 44.4 Å². The lowest BCUT2D eigenvalue weighted by Gasteiger charge is -2.20. The molecule has 154 valence electrons. The Hall–Kier alpha value is -1.48. The summed E-state index contributed by atoms with van der Waals surface area (Å²) < 4.78 is 2.19. The maximum atomic E-state index is 6.11. The Balaban J connectivity index is 0.00000280. The van der Waals surface area contributed by atoms with Crippen LogP contribution in [-0.4, -0.2) is 48.2 Å². The van der Waals surface area contributed by atoms with Crippen LogP contribution in [0.5, 0.6) is 0 Å². The van der Waals surface area contributed by atoms with Crippen LogP contribution < -0.4 is 15.5 Å². The number of hydrogen-bond donors (Lipinski definition) is 2. The maximum Gasteiger partial charge on any atom is 0.191 e. The Labute approximate surface area is 189 Å². The number of nitrogens with zero attached hydrogens (tertiary/aromatic N) is 4. The Kier molecular flexibility index (Phi) is 9.37. The molecule has 1 aromatic heterocycles. The van der Waals surface area contributed by atoms with Gasteiger partial charge >= 0.3 is 0 Å². The summed E-state index contributed by atoms with van der Waals surface area (Å²) in [5.74, 6) is 1.96. The molecule has 2 heterocycles. The van der Waals surface area contributed by atoms with Crippen LogP contribution in [0, 0.1) is 6.92 Å². The number of guanidine groups is 1. The average molecular weight is 517 g/mol. The van der Waals surface area contributed by atoms with Crippen LogP contribution in [-0.2, 0) is 6.54 Å². The summed E-state index contributed by atoms with van der Waals surface area (Å²) in [4.78, 5) is 11.0. The van der Waals surface area contributed by atoms with Gasteiger partial charge in [0.25, 0.3) is 0 Å². The van der Waals surface area contributed by atoms with Gasteiger partial charge in [-0.25, -0.2) is 4.98 Å². The molecule has 2 N–H and O–H groups in total. The molecule has 0 spiro atoms. The third-order valence-corrected chi connectivity index (χ3v) is 5.20. The predicted molar refractivity (Wildman–Crippen MR) is 128 cm³/mol. The molecule has 28 heavy (non-hydrogen) atoms. The summed E-state index contributed by atoms with van der Waals surface area (Å²) in [7, 11) is 1.83. The molecule has 1 saturated heterocycles. The van der Waals surface area contributed by atoms with Crippen LogP contribution in [0.1, 0.15) is 25.1 Å². The van der Waals surface area contributed by atoms with Gasteiger partial charge in [-0.1, -0.05) is 17.7 Å². The molecule has 0 radical (unpaired) electrons. The second-order valence-corrected chi connectivity index (χ2v) is 7.37. The molecule has 3 rings (SSSR count). The third-order valence-electron chi connectivity index (χ3n) is 4.97. The van der Waals surface area contributed by atoms with E-state index in [0.717, 1.165) is 62.2 Å². The first kappa shape index (κ1) is 22.8. The molecule has 6 nitrogen and oxygen atoms in total. The van der Waals surface area contributed by atoms with E-state index in [1.807, 2.05) is 44.6 Å². The number of benzene rings is 1. The number of aliphatic imine (C=N–C) groups is 1. The molecule has 0 bridgehead atoms. The van der Waals surface area contributed by atoms with Crippen molar-refractivity contribution >= 4 is 47.2 Å². The quantitative estimate of drug-likeness (QED) is 0.255. The lowest BCUT2D eigenvalue weighted by Crippen LogP contribution is -2.44. The molecule has 1 unspecified atom stereocenters. The highest BCUT2D eigenvalue weighted by Crippen LogP contribution is 2.23. The molecule has 0 amide bonds. The van der Waals surface area contributed by atoms with Crippen molar-refractivity contribution in [2.45, 2.75) is 38.8 Å². The van der Waals surface area contributed by atoms with Crippen LogP contribution >= 0.6 is 35.6 Å². The minimum atomic E-state index is 0. The van der Waals surface area contributed by atoms with E-state index in [1.165, 1.54) is 5.69 Å². The average Bonchev–Trinajstić information content (AvgIpc) is 3.29. The van der Waals surface area contributed by atoms with Crippen LogP contribution in [0.4, 0.5) is 5.69 Å². The SMILES string of the molecule is CN=C(NCCCCn1ccnc1C)NC1CCN(c2cccc(Cl)c2)C1.I. The Morgan fingerprint density at radius 1 is 1.36 bits per heavy atom. The summed E-state index contributed by atoms with van der Waals surface area (Å²) in [6.45, 7) is 5.95. The first-order valence-corrected chi connectivity index (χ1v) is 9.99. The fraction of sp³-hybridized carbons (Fsp3) is 0.500. The number of anilines is 1. The van der Waals surface area contributed by atoms with E-state index in [1.54, 1.807) is 0 Å². The Bertz CT molecular complexity index is 763. The van der Waals surface area contributed by atoms with Crippen molar-refractivity contribution in [2.24, 2.45) is 4.99 Å².